The van der Waals surface area contributed by atoms with Crippen molar-refractivity contribution in [3.8, 4) is 11.3 Å². The molecule has 3 N–H and O–H groups in total. The first-order chi connectivity index (χ1) is 10.3. The van der Waals surface area contributed by atoms with Gasteiger partial charge in [0.05, 0.1) is 17.8 Å². The van der Waals surface area contributed by atoms with Gasteiger partial charge in [0.2, 0.25) is 0 Å². The van der Waals surface area contributed by atoms with E-state index in [1.807, 2.05) is 30.3 Å². The van der Waals surface area contributed by atoms with Crippen LogP contribution >= 0.6 is 0 Å². The van der Waals surface area contributed by atoms with E-state index in [9.17, 15) is 4.39 Å². The zero-order chi connectivity index (χ0) is 14.7. The van der Waals surface area contributed by atoms with Gasteiger partial charge in [-0.3, -0.25) is 0 Å². The number of nitrogens with two attached hydrogens (primary N) is 1. The molecule has 106 valence electrons. The molecule has 1 atom stereocenters. The van der Waals surface area contributed by atoms with E-state index < -0.39 is 0 Å². The van der Waals surface area contributed by atoms with Gasteiger partial charge in [-0.1, -0.05) is 42.5 Å². The molecule has 4 heteroatoms. The van der Waals surface area contributed by atoms with E-state index in [4.69, 9.17) is 5.73 Å². The molecule has 3 nitrogen and oxygen atoms in total. The Labute approximate surface area is 122 Å². The lowest BCUT2D eigenvalue weighted by molar-refractivity contribution is 0.630. The summed E-state index contributed by atoms with van der Waals surface area (Å²) < 4.78 is 13.8. The van der Waals surface area contributed by atoms with Gasteiger partial charge < -0.3 is 10.7 Å². The number of H-pyrrole nitrogens is 1. The summed E-state index contributed by atoms with van der Waals surface area (Å²) in [6.07, 6.45) is 1.65. The Morgan fingerprint density at radius 2 is 1.76 bits per heavy atom. The minimum absolute atomic E-state index is 0.0216. The molecule has 0 saturated heterocycles. The Kier molecular flexibility index (Phi) is 3.79. The number of imidazole rings is 1. The Balaban J connectivity index is 1.96. The first-order valence-electron chi connectivity index (χ1n) is 6.84. The first-order valence-corrected chi connectivity index (χ1v) is 6.84. The molecular weight excluding hydrogens is 265 g/mol. The van der Waals surface area contributed by atoms with Crippen LogP contribution in [0.5, 0.6) is 0 Å². The third-order valence-corrected chi connectivity index (χ3v) is 3.53. The molecule has 3 rings (SSSR count). The Hall–Kier alpha value is -2.46. The van der Waals surface area contributed by atoms with Crippen molar-refractivity contribution in [1.29, 1.82) is 0 Å². The molecule has 1 heterocycles. The molecule has 2 aromatic carbocycles. The summed E-state index contributed by atoms with van der Waals surface area (Å²) in [6.45, 7) is 0.439. The molecule has 0 bridgehead atoms. The number of hydrogen-bond acceptors (Lipinski definition) is 2. The average molecular weight is 281 g/mol. The normalized spacial score (nSPS) is 12.3. The quantitative estimate of drug-likeness (QED) is 0.771. The molecule has 0 spiro atoms. The largest absolute Gasteiger partial charge is 0.341 e. The monoisotopic (exact) mass is 281 g/mol. The first kappa shape index (κ1) is 13.5. The maximum absolute atomic E-state index is 13.8. The van der Waals surface area contributed by atoms with Crippen molar-refractivity contribution in [2.45, 2.75) is 5.92 Å². The third kappa shape index (κ3) is 2.71. The number of benzene rings is 2. The summed E-state index contributed by atoms with van der Waals surface area (Å²) in [5.41, 5.74) is 8.15. The molecule has 0 radical (unpaired) electrons. The lowest BCUT2D eigenvalue weighted by atomic mass is 9.99. The summed E-state index contributed by atoms with van der Waals surface area (Å²) >= 11 is 0. The average Bonchev–Trinajstić information content (AvgIpc) is 2.99. The predicted molar refractivity (Wildman–Crippen MR) is 81.3 cm³/mol. The van der Waals surface area contributed by atoms with Crippen molar-refractivity contribution in [2.24, 2.45) is 5.73 Å². The van der Waals surface area contributed by atoms with E-state index in [0.29, 0.717) is 17.8 Å². The SMILES string of the molecule is NCC(c1ccccc1)c1ncc(-c2ccccc2F)[nH]1. The summed E-state index contributed by atoms with van der Waals surface area (Å²) in [5.74, 6) is 0.463. The highest BCUT2D eigenvalue weighted by Gasteiger charge is 2.16. The number of halogens is 1. The summed E-state index contributed by atoms with van der Waals surface area (Å²) in [6, 6.07) is 16.6. The number of rotatable bonds is 4. The molecule has 0 aliphatic carbocycles. The van der Waals surface area contributed by atoms with Gasteiger partial charge in [-0.05, 0) is 17.7 Å². The smallest absolute Gasteiger partial charge is 0.132 e. The molecule has 0 amide bonds. The second-order valence-corrected chi connectivity index (χ2v) is 4.86. The Morgan fingerprint density at radius 1 is 1.05 bits per heavy atom. The summed E-state index contributed by atoms with van der Waals surface area (Å²) in [7, 11) is 0. The predicted octanol–water partition coefficient (Wildman–Crippen LogP) is 3.31. The van der Waals surface area contributed by atoms with E-state index in [2.05, 4.69) is 9.97 Å². The fourth-order valence-electron chi connectivity index (χ4n) is 2.42. The standard InChI is InChI=1S/C17H16FN3/c18-15-9-5-4-8-13(15)16-11-20-17(21-16)14(10-19)12-6-2-1-3-7-12/h1-9,11,14H,10,19H2,(H,20,21). The Morgan fingerprint density at radius 3 is 2.48 bits per heavy atom. The maximum Gasteiger partial charge on any atom is 0.132 e. The van der Waals surface area contributed by atoms with E-state index in [1.54, 1.807) is 24.4 Å². The highest BCUT2D eigenvalue weighted by atomic mass is 19.1. The van der Waals surface area contributed by atoms with Crippen LogP contribution in [-0.4, -0.2) is 16.5 Å². The third-order valence-electron chi connectivity index (χ3n) is 3.53. The molecular formula is C17H16FN3. The summed E-state index contributed by atoms with van der Waals surface area (Å²) in [4.78, 5) is 7.57. The second-order valence-electron chi connectivity index (χ2n) is 4.86. The minimum atomic E-state index is -0.267. The van der Waals surface area contributed by atoms with Crippen LogP contribution in [-0.2, 0) is 0 Å². The zero-order valence-electron chi connectivity index (χ0n) is 11.5. The van der Waals surface area contributed by atoms with Crippen LogP contribution in [0.4, 0.5) is 4.39 Å². The molecule has 1 unspecified atom stereocenters. The number of nitrogens with one attached hydrogen (secondary N) is 1. The van der Waals surface area contributed by atoms with E-state index in [-0.39, 0.29) is 11.7 Å². The van der Waals surface area contributed by atoms with Crippen LogP contribution in [0.25, 0.3) is 11.3 Å². The topological polar surface area (TPSA) is 54.7 Å². The van der Waals surface area contributed by atoms with Gasteiger partial charge >= 0.3 is 0 Å². The highest BCUT2D eigenvalue weighted by molar-refractivity contribution is 5.59. The van der Waals surface area contributed by atoms with E-state index in [0.717, 1.165) is 11.4 Å². The molecule has 3 aromatic rings. The number of aromatic amines is 1. The van der Waals surface area contributed by atoms with Crippen molar-refractivity contribution in [1.82, 2.24) is 9.97 Å². The van der Waals surface area contributed by atoms with Gasteiger partial charge in [0.15, 0.2) is 0 Å². The van der Waals surface area contributed by atoms with Crippen LogP contribution in [0, 0.1) is 5.82 Å². The van der Waals surface area contributed by atoms with Gasteiger partial charge in [-0.15, -0.1) is 0 Å². The van der Waals surface area contributed by atoms with Gasteiger partial charge in [-0.25, -0.2) is 9.37 Å². The lowest BCUT2D eigenvalue weighted by Crippen LogP contribution is -2.15. The zero-order valence-corrected chi connectivity index (χ0v) is 11.5. The molecule has 21 heavy (non-hydrogen) atoms. The maximum atomic E-state index is 13.8. The molecule has 0 aliphatic rings. The number of hydrogen-bond donors (Lipinski definition) is 2. The Bertz CT molecular complexity index is 722. The van der Waals surface area contributed by atoms with Gasteiger partial charge in [0, 0.05) is 12.1 Å². The van der Waals surface area contributed by atoms with Crippen molar-refractivity contribution >= 4 is 0 Å². The van der Waals surface area contributed by atoms with Gasteiger partial charge in [0.1, 0.15) is 11.6 Å². The van der Waals surface area contributed by atoms with Crippen molar-refractivity contribution < 1.29 is 4.39 Å². The lowest BCUT2D eigenvalue weighted by Gasteiger charge is -2.12. The summed E-state index contributed by atoms with van der Waals surface area (Å²) in [5, 5.41) is 0. The second kappa shape index (κ2) is 5.89. The van der Waals surface area contributed by atoms with Crippen LogP contribution in [0.1, 0.15) is 17.3 Å². The van der Waals surface area contributed by atoms with Gasteiger partial charge in [0.25, 0.3) is 0 Å². The van der Waals surface area contributed by atoms with Crippen LogP contribution in [0.2, 0.25) is 0 Å². The van der Waals surface area contributed by atoms with Crippen LogP contribution < -0.4 is 5.73 Å². The minimum Gasteiger partial charge on any atom is -0.341 e. The molecule has 0 saturated carbocycles. The fourth-order valence-corrected chi connectivity index (χ4v) is 2.42. The van der Waals surface area contributed by atoms with Gasteiger partial charge in [-0.2, -0.15) is 0 Å². The van der Waals surface area contributed by atoms with Crippen LogP contribution in [0.3, 0.4) is 0 Å². The highest BCUT2D eigenvalue weighted by Crippen LogP contribution is 2.25. The van der Waals surface area contributed by atoms with Crippen molar-refractivity contribution in [2.75, 3.05) is 6.54 Å². The molecule has 0 fully saturated rings. The van der Waals surface area contributed by atoms with Crippen molar-refractivity contribution in [3.05, 3.63) is 78.0 Å². The molecule has 0 aliphatic heterocycles. The van der Waals surface area contributed by atoms with E-state index >= 15 is 0 Å². The molecule has 1 aromatic heterocycles. The fraction of sp³-hybridized carbons (Fsp3) is 0.118. The number of aromatic nitrogens is 2. The van der Waals surface area contributed by atoms with Crippen molar-refractivity contribution in [3.63, 3.8) is 0 Å². The van der Waals surface area contributed by atoms with E-state index in [1.165, 1.54) is 6.07 Å². The number of nitrogens with zero attached hydrogens (tertiary/aromatic N) is 1. The van der Waals surface area contributed by atoms with Crippen LogP contribution in [0.15, 0.2) is 60.8 Å².